The van der Waals surface area contributed by atoms with Crippen molar-refractivity contribution in [3.8, 4) is 0 Å². The van der Waals surface area contributed by atoms with Gasteiger partial charge < -0.3 is 5.73 Å². The van der Waals surface area contributed by atoms with Gasteiger partial charge in [0.1, 0.15) is 0 Å². The highest BCUT2D eigenvalue weighted by Gasteiger charge is 1.91. The molecule has 0 spiro atoms. The van der Waals surface area contributed by atoms with Gasteiger partial charge in [0.15, 0.2) is 0 Å². The van der Waals surface area contributed by atoms with Gasteiger partial charge in [0.2, 0.25) is 0 Å². The average Bonchev–Trinajstić information content (AvgIpc) is 1.83. The van der Waals surface area contributed by atoms with E-state index in [1.54, 1.807) is 6.92 Å². The summed E-state index contributed by atoms with van der Waals surface area (Å²) < 4.78 is 0. The fraction of sp³-hybridized carbons (Fsp3) is 0.750. The Morgan fingerprint density at radius 3 is 2.88 bits per heavy atom. The third kappa shape index (κ3) is 3.58. The normalized spacial score (nSPS) is 8.75. The Morgan fingerprint density at radius 2 is 2.50 bits per heavy atom. The average molecular weight is 118 g/mol. The van der Waals surface area contributed by atoms with Crippen LogP contribution in [0.3, 0.4) is 0 Å². The second-order valence-electron chi connectivity index (χ2n) is 1.16. The molecular weight excluding hydrogens is 108 g/mol. The maximum absolute atomic E-state index is 10.2. The highest BCUT2D eigenvalue weighted by Crippen LogP contribution is 1.62. The van der Waals surface area contributed by atoms with Gasteiger partial charge >= 0.3 is 0 Å². The van der Waals surface area contributed by atoms with Crippen LogP contribution in [0.4, 0.5) is 0 Å². The quantitative estimate of drug-likeness (QED) is 0.468. The highest BCUT2D eigenvalue weighted by molar-refractivity contribution is 5.76. The molecule has 0 rings (SSSR count). The molecule has 0 unspecified atom stereocenters. The molecule has 0 aromatic heterocycles. The summed E-state index contributed by atoms with van der Waals surface area (Å²) in [5.74, 6) is -0.299. The fourth-order valence-corrected chi connectivity index (χ4v) is 0.194. The van der Waals surface area contributed by atoms with E-state index in [-0.39, 0.29) is 12.5 Å². The molecule has 0 bridgehead atoms. The number of nitrogens with one attached hydrogen (secondary N) is 1. The summed E-state index contributed by atoms with van der Waals surface area (Å²) in [6, 6.07) is 0. The molecule has 4 nitrogen and oxygen atoms in total. The summed E-state index contributed by atoms with van der Waals surface area (Å²) in [7, 11) is 0. The van der Waals surface area contributed by atoms with Crippen LogP contribution >= 0.6 is 0 Å². The molecule has 0 heterocycles. The zero-order valence-electron chi connectivity index (χ0n) is 4.81. The molecular formula is C4H10N2O2. The van der Waals surface area contributed by atoms with Crippen LogP contribution in [-0.4, -0.2) is 19.1 Å². The zero-order valence-corrected chi connectivity index (χ0v) is 4.81. The molecule has 0 atom stereocenters. The Hall–Kier alpha value is -0.610. The van der Waals surface area contributed by atoms with Crippen LogP contribution in [0.1, 0.15) is 6.92 Å². The summed E-state index contributed by atoms with van der Waals surface area (Å²) in [5.41, 5.74) is 7.04. The maximum atomic E-state index is 10.2. The molecule has 48 valence electrons. The topological polar surface area (TPSA) is 64.3 Å². The molecule has 0 saturated heterocycles. The van der Waals surface area contributed by atoms with E-state index in [0.29, 0.717) is 6.61 Å². The number of amides is 1. The lowest BCUT2D eigenvalue weighted by atomic mass is 10.7. The Kier molecular flexibility index (Phi) is 4.20. The van der Waals surface area contributed by atoms with E-state index >= 15 is 0 Å². The van der Waals surface area contributed by atoms with Crippen molar-refractivity contribution < 1.29 is 9.63 Å². The fourth-order valence-electron chi connectivity index (χ4n) is 0.194. The molecule has 0 aliphatic rings. The first kappa shape index (κ1) is 7.39. The summed E-state index contributed by atoms with van der Waals surface area (Å²) in [5, 5.41) is 0. The molecule has 0 aromatic carbocycles. The third-order valence-corrected chi connectivity index (χ3v) is 0.516. The number of nitrogens with two attached hydrogens (primary N) is 1. The van der Waals surface area contributed by atoms with Crippen LogP contribution in [0, 0.1) is 0 Å². The van der Waals surface area contributed by atoms with E-state index in [1.807, 2.05) is 0 Å². The van der Waals surface area contributed by atoms with Gasteiger partial charge in [-0.3, -0.25) is 9.63 Å². The minimum absolute atomic E-state index is 0.0278. The van der Waals surface area contributed by atoms with E-state index in [0.717, 1.165) is 0 Å². The van der Waals surface area contributed by atoms with Gasteiger partial charge in [-0.15, -0.1) is 0 Å². The molecule has 0 fully saturated rings. The number of hydrogen-bond acceptors (Lipinski definition) is 3. The van der Waals surface area contributed by atoms with E-state index < -0.39 is 0 Å². The van der Waals surface area contributed by atoms with Crippen molar-refractivity contribution >= 4 is 5.91 Å². The van der Waals surface area contributed by atoms with Gasteiger partial charge in [0, 0.05) is 0 Å². The van der Waals surface area contributed by atoms with Gasteiger partial charge in [-0.2, -0.15) is 0 Å². The first-order chi connectivity index (χ1) is 3.81. The van der Waals surface area contributed by atoms with Crippen LogP contribution in [0.5, 0.6) is 0 Å². The smallest absolute Gasteiger partial charge is 0.257 e. The van der Waals surface area contributed by atoms with Gasteiger partial charge in [0.25, 0.3) is 5.91 Å². The molecule has 4 heteroatoms. The monoisotopic (exact) mass is 118 g/mol. The third-order valence-electron chi connectivity index (χ3n) is 0.516. The van der Waals surface area contributed by atoms with Crippen molar-refractivity contribution in [1.29, 1.82) is 0 Å². The number of rotatable bonds is 3. The van der Waals surface area contributed by atoms with Crippen LogP contribution in [0.25, 0.3) is 0 Å². The number of hydroxylamine groups is 1. The molecule has 3 N–H and O–H groups in total. The van der Waals surface area contributed by atoms with Crippen LogP contribution < -0.4 is 11.2 Å². The predicted molar refractivity (Wildman–Crippen MR) is 28.8 cm³/mol. The van der Waals surface area contributed by atoms with Crippen molar-refractivity contribution in [2.75, 3.05) is 13.2 Å². The SMILES string of the molecule is CCONC(=O)CN. The number of carbonyl (C=O) groups excluding carboxylic acids is 1. The molecule has 1 amide bonds. The Morgan fingerprint density at radius 1 is 1.88 bits per heavy atom. The van der Waals surface area contributed by atoms with Crippen molar-refractivity contribution in [3.63, 3.8) is 0 Å². The predicted octanol–water partition coefficient (Wildman–Crippen LogP) is -0.987. The van der Waals surface area contributed by atoms with Crippen LogP contribution in [0.2, 0.25) is 0 Å². The molecule has 8 heavy (non-hydrogen) atoms. The maximum Gasteiger partial charge on any atom is 0.257 e. The van der Waals surface area contributed by atoms with Crippen LogP contribution in [0.15, 0.2) is 0 Å². The number of hydrogen-bond donors (Lipinski definition) is 2. The molecule has 0 aliphatic heterocycles. The van der Waals surface area contributed by atoms with Gasteiger partial charge in [0.05, 0.1) is 13.2 Å². The Bertz CT molecular complexity index is 74.4. The first-order valence-corrected chi connectivity index (χ1v) is 2.42. The van der Waals surface area contributed by atoms with Crippen LogP contribution in [-0.2, 0) is 9.63 Å². The lowest BCUT2D eigenvalue weighted by molar-refractivity contribution is -0.131. The van der Waals surface area contributed by atoms with Crippen molar-refractivity contribution in [2.45, 2.75) is 6.92 Å². The largest absolute Gasteiger partial charge is 0.322 e. The molecule has 0 radical (unpaired) electrons. The van der Waals surface area contributed by atoms with Crippen molar-refractivity contribution in [1.82, 2.24) is 5.48 Å². The lowest BCUT2D eigenvalue weighted by Gasteiger charge is -1.98. The standard InChI is InChI=1S/C4H10N2O2/c1-2-8-6-4(7)3-5/h2-3,5H2,1H3,(H,6,7). The van der Waals surface area contributed by atoms with Gasteiger partial charge in [-0.05, 0) is 6.92 Å². The number of carbonyl (C=O) groups is 1. The second-order valence-corrected chi connectivity index (χ2v) is 1.16. The van der Waals surface area contributed by atoms with Crippen molar-refractivity contribution in [2.24, 2.45) is 5.73 Å². The molecule has 0 aromatic rings. The minimum Gasteiger partial charge on any atom is -0.322 e. The summed E-state index contributed by atoms with van der Waals surface area (Å²) in [6.07, 6.45) is 0. The second kappa shape index (κ2) is 4.55. The van der Waals surface area contributed by atoms with Gasteiger partial charge in [-0.1, -0.05) is 0 Å². The lowest BCUT2D eigenvalue weighted by Crippen LogP contribution is -2.30. The molecule has 0 aliphatic carbocycles. The Balaban J connectivity index is 2.99. The van der Waals surface area contributed by atoms with Gasteiger partial charge in [-0.25, -0.2) is 5.48 Å². The molecule has 0 saturated carbocycles. The summed E-state index contributed by atoms with van der Waals surface area (Å²) in [4.78, 5) is 14.7. The van der Waals surface area contributed by atoms with E-state index in [2.05, 4.69) is 10.3 Å². The first-order valence-electron chi connectivity index (χ1n) is 2.42. The Labute approximate surface area is 48.0 Å². The zero-order chi connectivity index (χ0) is 6.41. The highest BCUT2D eigenvalue weighted by atomic mass is 16.6. The van der Waals surface area contributed by atoms with E-state index in [9.17, 15) is 4.79 Å². The van der Waals surface area contributed by atoms with Crippen molar-refractivity contribution in [3.05, 3.63) is 0 Å². The van der Waals surface area contributed by atoms with E-state index in [4.69, 9.17) is 5.73 Å². The van der Waals surface area contributed by atoms with E-state index in [1.165, 1.54) is 0 Å². The summed E-state index contributed by atoms with van der Waals surface area (Å²) in [6.45, 7) is 2.21. The summed E-state index contributed by atoms with van der Waals surface area (Å²) >= 11 is 0. The minimum atomic E-state index is -0.299.